The van der Waals surface area contributed by atoms with Crippen molar-refractivity contribution >= 4 is 17.6 Å². The number of rotatable bonds is 8. The smallest absolute Gasteiger partial charge is 0.222 e. The highest BCUT2D eigenvalue weighted by atomic mass is 16.2. The number of amides is 2. The van der Waals surface area contributed by atoms with Crippen LogP contribution in [0.4, 0.5) is 0 Å². The molecule has 0 aliphatic rings. The monoisotopic (exact) mass is 290 g/mol. The molecule has 114 valence electrons. The maximum Gasteiger partial charge on any atom is 0.222 e. The zero-order valence-electron chi connectivity index (χ0n) is 12.5. The van der Waals surface area contributed by atoms with Crippen LogP contribution >= 0.6 is 0 Å². The minimum absolute atomic E-state index is 0.0384. The quantitative estimate of drug-likeness (QED) is 0.563. The number of carbonyl (C=O) groups is 3. The Balaban J connectivity index is 2.17. The van der Waals surface area contributed by atoms with Crippen molar-refractivity contribution in [3.05, 3.63) is 35.9 Å². The van der Waals surface area contributed by atoms with Gasteiger partial charge < -0.3 is 10.6 Å². The standard InChI is InChI=1S/C16H22N2O3/c1-12(2)16(21)18-11-10-17-15(20)9-8-14(19)13-6-4-3-5-7-13/h3-7,12H,8-11H2,1-2H3,(H,17,20)(H,18,21). The van der Waals surface area contributed by atoms with Crippen LogP contribution in [0.25, 0.3) is 0 Å². The second-order valence-electron chi connectivity index (χ2n) is 5.08. The molecule has 0 aromatic heterocycles. The molecule has 0 heterocycles. The van der Waals surface area contributed by atoms with E-state index in [9.17, 15) is 14.4 Å². The molecule has 0 atom stereocenters. The van der Waals surface area contributed by atoms with Gasteiger partial charge in [-0.1, -0.05) is 44.2 Å². The minimum atomic E-state index is -0.182. The van der Waals surface area contributed by atoms with Gasteiger partial charge in [0.25, 0.3) is 0 Å². The molecule has 0 unspecified atom stereocenters. The Morgan fingerprint density at radius 3 is 2.19 bits per heavy atom. The average Bonchev–Trinajstić information content (AvgIpc) is 2.49. The molecule has 0 radical (unpaired) electrons. The van der Waals surface area contributed by atoms with Gasteiger partial charge in [-0.3, -0.25) is 14.4 Å². The molecular formula is C16H22N2O3. The molecule has 0 aliphatic heterocycles. The van der Waals surface area contributed by atoms with Gasteiger partial charge in [0.05, 0.1) is 0 Å². The van der Waals surface area contributed by atoms with Crippen molar-refractivity contribution in [3.8, 4) is 0 Å². The maximum absolute atomic E-state index is 11.8. The summed E-state index contributed by atoms with van der Waals surface area (Å²) < 4.78 is 0. The van der Waals surface area contributed by atoms with Crippen LogP contribution in [0.5, 0.6) is 0 Å². The summed E-state index contributed by atoms with van der Waals surface area (Å²) in [6, 6.07) is 8.91. The van der Waals surface area contributed by atoms with E-state index in [0.29, 0.717) is 18.7 Å². The summed E-state index contributed by atoms with van der Waals surface area (Å²) in [4.78, 5) is 34.7. The number of Topliss-reactive ketones (excluding diaryl/α,β-unsaturated/α-hetero) is 1. The number of hydrogen-bond acceptors (Lipinski definition) is 3. The largest absolute Gasteiger partial charge is 0.354 e. The van der Waals surface area contributed by atoms with Gasteiger partial charge >= 0.3 is 0 Å². The lowest BCUT2D eigenvalue weighted by molar-refractivity contribution is -0.124. The van der Waals surface area contributed by atoms with E-state index in [4.69, 9.17) is 0 Å². The lowest BCUT2D eigenvalue weighted by atomic mass is 10.1. The summed E-state index contributed by atoms with van der Waals surface area (Å²) >= 11 is 0. The molecule has 0 aliphatic carbocycles. The van der Waals surface area contributed by atoms with Crippen LogP contribution in [-0.4, -0.2) is 30.7 Å². The molecule has 0 saturated heterocycles. The van der Waals surface area contributed by atoms with Gasteiger partial charge in [-0.2, -0.15) is 0 Å². The van der Waals surface area contributed by atoms with Crippen LogP contribution in [0.1, 0.15) is 37.0 Å². The Morgan fingerprint density at radius 1 is 0.952 bits per heavy atom. The average molecular weight is 290 g/mol. The lowest BCUT2D eigenvalue weighted by Gasteiger charge is -2.08. The van der Waals surface area contributed by atoms with Crippen LogP contribution in [0.2, 0.25) is 0 Å². The second kappa shape index (κ2) is 8.89. The first kappa shape index (κ1) is 16.9. The Bertz CT molecular complexity index is 484. The van der Waals surface area contributed by atoms with Gasteiger partial charge in [-0.05, 0) is 0 Å². The Hall–Kier alpha value is -2.17. The molecule has 2 N–H and O–H groups in total. The zero-order valence-corrected chi connectivity index (χ0v) is 12.5. The third kappa shape index (κ3) is 6.70. The summed E-state index contributed by atoms with van der Waals surface area (Å²) in [5, 5.41) is 5.39. The summed E-state index contributed by atoms with van der Waals surface area (Å²) in [6.45, 7) is 4.39. The van der Waals surface area contributed by atoms with Crippen LogP contribution in [0, 0.1) is 5.92 Å². The molecule has 5 heteroatoms. The normalized spacial score (nSPS) is 10.2. The fourth-order valence-electron chi connectivity index (χ4n) is 1.68. The van der Waals surface area contributed by atoms with Crippen LogP contribution < -0.4 is 10.6 Å². The molecule has 0 spiro atoms. The molecule has 1 aromatic carbocycles. The zero-order chi connectivity index (χ0) is 15.7. The van der Waals surface area contributed by atoms with Crippen LogP contribution in [0.15, 0.2) is 30.3 Å². The minimum Gasteiger partial charge on any atom is -0.354 e. The SMILES string of the molecule is CC(C)C(=O)NCCNC(=O)CCC(=O)c1ccccc1. The topological polar surface area (TPSA) is 75.3 Å². The van der Waals surface area contributed by atoms with E-state index in [1.165, 1.54) is 0 Å². The van der Waals surface area contributed by atoms with E-state index in [1.807, 2.05) is 19.9 Å². The number of hydrogen-bond donors (Lipinski definition) is 2. The first-order valence-electron chi connectivity index (χ1n) is 7.13. The fraction of sp³-hybridized carbons (Fsp3) is 0.438. The Kier molecular flexibility index (Phi) is 7.15. The molecule has 0 fully saturated rings. The summed E-state index contributed by atoms with van der Waals surface area (Å²) in [6.07, 6.45) is 0.347. The third-order valence-electron chi connectivity index (χ3n) is 2.95. The van der Waals surface area contributed by atoms with Gasteiger partial charge in [-0.25, -0.2) is 0 Å². The lowest BCUT2D eigenvalue weighted by Crippen LogP contribution is -2.36. The van der Waals surface area contributed by atoms with Gasteiger partial charge in [-0.15, -0.1) is 0 Å². The van der Waals surface area contributed by atoms with E-state index in [-0.39, 0.29) is 36.4 Å². The highest BCUT2D eigenvalue weighted by Gasteiger charge is 2.09. The molecular weight excluding hydrogens is 268 g/mol. The van der Waals surface area contributed by atoms with Crippen molar-refractivity contribution in [2.24, 2.45) is 5.92 Å². The van der Waals surface area contributed by atoms with Crippen molar-refractivity contribution in [3.63, 3.8) is 0 Å². The molecule has 1 aromatic rings. The van der Waals surface area contributed by atoms with Crippen molar-refractivity contribution < 1.29 is 14.4 Å². The number of carbonyl (C=O) groups excluding carboxylic acids is 3. The fourth-order valence-corrected chi connectivity index (χ4v) is 1.68. The molecule has 0 saturated carbocycles. The number of benzene rings is 1. The Morgan fingerprint density at radius 2 is 1.57 bits per heavy atom. The Labute approximate surface area is 125 Å². The van der Waals surface area contributed by atoms with E-state index in [1.54, 1.807) is 24.3 Å². The van der Waals surface area contributed by atoms with E-state index < -0.39 is 0 Å². The van der Waals surface area contributed by atoms with Crippen molar-refractivity contribution in [2.75, 3.05) is 13.1 Å². The van der Waals surface area contributed by atoms with Gasteiger partial charge in [0.2, 0.25) is 11.8 Å². The van der Waals surface area contributed by atoms with Crippen LogP contribution in [-0.2, 0) is 9.59 Å². The third-order valence-corrected chi connectivity index (χ3v) is 2.95. The number of nitrogens with one attached hydrogen (secondary N) is 2. The van der Waals surface area contributed by atoms with E-state index in [0.717, 1.165) is 0 Å². The molecule has 5 nitrogen and oxygen atoms in total. The molecule has 21 heavy (non-hydrogen) atoms. The predicted octanol–water partition coefficient (Wildman–Crippen LogP) is 1.54. The first-order valence-corrected chi connectivity index (χ1v) is 7.13. The van der Waals surface area contributed by atoms with E-state index in [2.05, 4.69) is 10.6 Å². The molecule has 1 rings (SSSR count). The van der Waals surface area contributed by atoms with Gasteiger partial charge in [0, 0.05) is 37.4 Å². The van der Waals surface area contributed by atoms with Crippen LogP contribution in [0.3, 0.4) is 0 Å². The first-order chi connectivity index (χ1) is 10.0. The highest BCUT2D eigenvalue weighted by Crippen LogP contribution is 2.04. The summed E-state index contributed by atoms with van der Waals surface area (Å²) in [7, 11) is 0. The highest BCUT2D eigenvalue weighted by molar-refractivity contribution is 5.97. The summed E-state index contributed by atoms with van der Waals surface area (Å²) in [5.74, 6) is -0.329. The van der Waals surface area contributed by atoms with Crippen molar-refractivity contribution in [2.45, 2.75) is 26.7 Å². The second-order valence-corrected chi connectivity index (χ2v) is 5.08. The van der Waals surface area contributed by atoms with Crippen molar-refractivity contribution in [1.82, 2.24) is 10.6 Å². The predicted molar refractivity (Wildman–Crippen MR) is 80.9 cm³/mol. The maximum atomic E-state index is 11.8. The van der Waals surface area contributed by atoms with Crippen molar-refractivity contribution in [1.29, 1.82) is 0 Å². The molecule has 2 amide bonds. The van der Waals surface area contributed by atoms with Gasteiger partial charge in [0.15, 0.2) is 5.78 Å². The summed E-state index contributed by atoms with van der Waals surface area (Å²) in [5.41, 5.74) is 0.620. The van der Waals surface area contributed by atoms with Gasteiger partial charge in [0.1, 0.15) is 0 Å². The van der Waals surface area contributed by atoms with E-state index >= 15 is 0 Å². The molecule has 0 bridgehead atoms. The number of ketones is 1.